The molecule has 0 spiro atoms. The van der Waals surface area contributed by atoms with Gasteiger partial charge in [-0.3, -0.25) is 0 Å². The van der Waals surface area contributed by atoms with Crippen LogP contribution in [0.1, 0.15) is 24.5 Å². The molecule has 0 saturated carbocycles. The smallest absolute Gasteiger partial charge is 0.0245 e. The fourth-order valence-corrected chi connectivity index (χ4v) is 1.16. The first-order valence-electron chi connectivity index (χ1n) is 4.55. The minimum absolute atomic E-state index is 0.833. The summed E-state index contributed by atoms with van der Waals surface area (Å²) in [5.74, 6) is 6.99. The molecule has 0 unspecified atom stereocenters. The molecule has 1 aromatic carbocycles. The average molecular weight is 190 g/mol. The Morgan fingerprint density at radius 3 is 2.46 bits per heavy atom. The van der Waals surface area contributed by atoms with Crippen LogP contribution in [-0.4, -0.2) is 5.75 Å². The van der Waals surface area contributed by atoms with Crippen molar-refractivity contribution in [3.63, 3.8) is 0 Å². The Hall–Kier alpha value is -0.870. The van der Waals surface area contributed by atoms with Crippen molar-refractivity contribution < 1.29 is 0 Å². The summed E-state index contributed by atoms with van der Waals surface area (Å²) in [6, 6.07) is 8.41. The lowest BCUT2D eigenvalue weighted by Gasteiger charge is -1.94. The second-order valence-electron chi connectivity index (χ2n) is 2.83. The molecule has 0 amide bonds. The highest BCUT2D eigenvalue weighted by molar-refractivity contribution is 7.80. The highest BCUT2D eigenvalue weighted by atomic mass is 32.1. The minimum atomic E-state index is 0.833. The van der Waals surface area contributed by atoms with Crippen LogP contribution in [0.2, 0.25) is 0 Å². The van der Waals surface area contributed by atoms with E-state index in [1.165, 1.54) is 5.56 Å². The molecular formula is C12H14S. The molecule has 0 aromatic heterocycles. The maximum Gasteiger partial charge on any atom is 0.0245 e. The molecule has 0 atom stereocenters. The third kappa shape index (κ3) is 3.57. The van der Waals surface area contributed by atoms with Gasteiger partial charge in [0.05, 0.1) is 0 Å². The number of aryl methyl sites for hydroxylation is 1. The zero-order valence-corrected chi connectivity index (χ0v) is 8.77. The molecule has 0 saturated heterocycles. The summed E-state index contributed by atoms with van der Waals surface area (Å²) in [5.41, 5.74) is 2.46. The molecule has 0 N–H and O–H groups in total. The maximum absolute atomic E-state index is 4.10. The third-order valence-electron chi connectivity index (χ3n) is 1.83. The van der Waals surface area contributed by atoms with Crippen LogP contribution in [0.4, 0.5) is 0 Å². The summed E-state index contributed by atoms with van der Waals surface area (Å²) < 4.78 is 0. The van der Waals surface area contributed by atoms with Gasteiger partial charge in [0.25, 0.3) is 0 Å². The van der Waals surface area contributed by atoms with Gasteiger partial charge < -0.3 is 0 Å². The van der Waals surface area contributed by atoms with Crippen molar-refractivity contribution in [3.8, 4) is 11.8 Å². The first-order chi connectivity index (χ1) is 6.36. The van der Waals surface area contributed by atoms with Crippen LogP contribution >= 0.6 is 12.6 Å². The van der Waals surface area contributed by atoms with Crippen LogP contribution in [0.25, 0.3) is 0 Å². The number of rotatable bonds is 2. The van der Waals surface area contributed by atoms with Crippen LogP contribution in [0.5, 0.6) is 0 Å². The lowest BCUT2D eigenvalue weighted by molar-refractivity contribution is 1.14. The highest BCUT2D eigenvalue weighted by Gasteiger charge is 1.87. The Kier molecular flexibility index (Phi) is 4.49. The lowest BCUT2D eigenvalue weighted by Crippen LogP contribution is -1.80. The van der Waals surface area contributed by atoms with Crippen LogP contribution in [0.3, 0.4) is 0 Å². The summed E-state index contributed by atoms with van der Waals surface area (Å²) >= 11 is 4.10. The van der Waals surface area contributed by atoms with E-state index in [4.69, 9.17) is 0 Å². The fraction of sp³-hybridized carbons (Fsp3) is 0.333. The van der Waals surface area contributed by atoms with Gasteiger partial charge in [0.2, 0.25) is 0 Å². The summed E-state index contributed by atoms with van der Waals surface area (Å²) in [6.07, 6.45) is 1.95. The van der Waals surface area contributed by atoms with Crippen molar-refractivity contribution in [3.05, 3.63) is 35.4 Å². The molecule has 0 fully saturated rings. The summed E-state index contributed by atoms with van der Waals surface area (Å²) in [7, 11) is 0. The number of benzene rings is 1. The van der Waals surface area contributed by atoms with E-state index in [9.17, 15) is 0 Å². The van der Waals surface area contributed by atoms with Crippen molar-refractivity contribution >= 4 is 12.6 Å². The van der Waals surface area contributed by atoms with Crippen molar-refractivity contribution in [2.24, 2.45) is 0 Å². The van der Waals surface area contributed by atoms with Crippen LogP contribution in [0.15, 0.2) is 24.3 Å². The molecule has 0 radical (unpaired) electrons. The Bertz CT molecular complexity index is 300. The van der Waals surface area contributed by atoms with Crippen molar-refractivity contribution in [2.75, 3.05) is 5.75 Å². The van der Waals surface area contributed by atoms with E-state index in [0.717, 1.165) is 24.2 Å². The Balaban J connectivity index is 2.65. The zero-order valence-electron chi connectivity index (χ0n) is 7.88. The van der Waals surface area contributed by atoms with E-state index < -0.39 is 0 Å². The monoisotopic (exact) mass is 190 g/mol. The molecule has 0 bridgehead atoms. The van der Waals surface area contributed by atoms with Gasteiger partial charge >= 0.3 is 0 Å². The maximum atomic E-state index is 4.10. The van der Waals surface area contributed by atoms with Crippen molar-refractivity contribution in [1.29, 1.82) is 0 Å². The normalized spacial score (nSPS) is 9.08. The largest absolute Gasteiger partial charge is 0.178 e. The Morgan fingerprint density at radius 2 is 1.92 bits per heavy atom. The van der Waals surface area contributed by atoms with E-state index in [2.05, 4.69) is 55.7 Å². The quantitative estimate of drug-likeness (QED) is 0.538. The fourth-order valence-electron chi connectivity index (χ4n) is 1.04. The first-order valence-corrected chi connectivity index (χ1v) is 5.18. The Labute approximate surface area is 85.8 Å². The van der Waals surface area contributed by atoms with E-state index >= 15 is 0 Å². The standard InChI is InChI=1S/C12H14S/c1-2-11-6-8-12(9-7-11)5-3-4-10-13/h6-9,13H,2,4,10H2,1H3. The van der Waals surface area contributed by atoms with Crippen LogP contribution in [-0.2, 0) is 6.42 Å². The second-order valence-corrected chi connectivity index (χ2v) is 3.27. The summed E-state index contributed by atoms with van der Waals surface area (Å²) in [5, 5.41) is 0. The third-order valence-corrected chi connectivity index (χ3v) is 2.06. The average Bonchev–Trinajstić information content (AvgIpc) is 2.19. The zero-order chi connectivity index (χ0) is 9.52. The van der Waals surface area contributed by atoms with E-state index in [1.54, 1.807) is 0 Å². The first kappa shape index (κ1) is 10.2. The van der Waals surface area contributed by atoms with Crippen molar-refractivity contribution in [1.82, 2.24) is 0 Å². The van der Waals surface area contributed by atoms with Gasteiger partial charge in [-0.2, -0.15) is 12.6 Å². The lowest BCUT2D eigenvalue weighted by atomic mass is 10.1. The van der Waals surface area contributed by atoms with Crippen LogP contribution < -0.4 is 0 Å². The molecule has 1 heteroatoms. The molecule has 13 heavy (non-hydrogen) atoms. The van der Waals surface area contributed by atoms with Gasteiger partial charge in [-0.1, -0.05) is 30.9 Å². The molecule has 0 aliphatic carbocycles. The Morgan fingerprint density at radius 1 is 1.23 bits per heavy atom. The predicted molar refractivity (Wildman–Crippen MR) is 61.2 cm³/mol. The SMILES string of the molecule is CCc1ccc(C#CCCS)cc1. The number of thiol groups is 1. The van der Waals surface area contributed by atoms with Gasteiger partial charge in [0.1, 0.15) is 0 Å². The van der Waals surface area contributed by atoms with Gasteiger partial charge in [-0.25, -0.2) is 0 Å². The predicted octanol–water partition coefficient (Wildman–Crippen LogP) is 2.92. The van der Waals surface area contributed by atoms with E-state index in [1.807, 2.05) is 0 Å². The van der Waals surface area contributed by atoms with Gasteiger partial charge in [0.15, 0.2) is 0 Å². The molecule has 0 heterocycles. The van der Waals surface area contributed by atoms with Gasteiger partial charge in [0, 0.05) is 17.7 Å². The number of hydrogen-bond donors (Lipinski definition) is 1. The molecule has 1 rings (SSSR count). The number of hydrogen-bond acceptors (Lipinski definition) is 1. The molecule has 0 aliphatic rings. The summed E-state index contributed by atoms with van der Waals surface area (Å²) in [6.45, 7) is 2.15. The van der Waals surface area contributed by atoms with Crippen LogP contribution in [0, 0.1) is 11.8 Å². The molecule has 0 aliphatic heterocycles. The van der Waals surface area contributed by atoms with E-state index in [-0.39, 0.29) is 0 Å². The molecule has 0 nitrogen and oxygen atoms in total. The van der Waals surface area contributed by atoms with E-state index in [0.29, 0.717) is 0 Å². The summed E-state index contributed by atoms with van der Waals surface area (Å²) in [4.78, 5) is 0. The van der Waals surface area contributed by atoms with Gasteiger partial charge in [-0.15, -0.1) is 0 Å². The van der Waals surface area contributed by atoms with Crippen molar-refractivity contribution in [2.45, 2.75) is 19.8 Å². The molecule has 1 aromatic rings. The molecular weight excluding hydrogens is 176 g/mol. The van der Waals surface area contributed by atoms with Gasteiger partial charge in [-0.05, 0) is 24.1 Å². The second kappa shape index (κ2) is 5.72. The molecule has 68 valence electrons. The topological polar surface area (TPSA) is 0 Å². The highest BCUT2D eigenvalue weighted by Crippen LogP contribution is 2.03. The minimum Gasteiger partial charge on any atom is -0.178 e.